The van der Waals surface area contributed by atoms with Gasteiger partial charge in [0.2, 0.25) is 0 Å². The van der Waals surface area contributed by atoms with Gasteiger partial charge in [-0.05, 0) is 50.3 Å². The summed E-state index contributed by atoms with van der Waals surface area (Å²) in [6.45, 7) is 7.66. The van der Waals surface area contributed by atoms with Crippen LogP contribution in [0.3, 0.4) is 0 Å². The molecule has 0 amide bonds. The molecular weight excluding hydrogens is 720 g/mol. The number of aliphatic hydroxyl groups is 7. The molecule has 19 nitrogen and oxygen atoms in total. The third-order valence-electron chi connectivity index (χ3n) is 9.94. The lowest BCUT2D eigenvalue weighted by atomic mass is 9.84. The number of nitrogens with zero attached hydrogens (tertiary/aromatic N) is 1. The number of aliphatic imine (C=N–C) groups is 1. The van der Waals surface area contributed by atoms with Gasteiger partial charge in [-0.25, -0.2) is 8.42 Å². The van der Waals surface area contributed by atoms with Gasteiger partial charge in [0.15, 0.2) is 12.6 Å². The maximum atomic E-state index is 12.3. The molecule has 53 heavy (non-hydrogen) atoms. The van der Waals surface area contributed by atoms with E-state index in [0.717, 1.165) is 23.1 Å². The van der Waals surface area contributed by atoms with E-state index in [0.29, 0.717) is 22.9 Å². The number of hydrogen-bond donors (Lipinski definition) is 12. The van der Waals surface area contributed by atoms with E-state index in [9.17, 15) is 44.2 Å². The lowest BCUT2D eigenvalue weighted by molar-refractivity contribution is -0.332. The SMILES string of the molecule is CCCN=C1NS(=O)(=O)C(c2ccc(C)c(C)c2)=C1C.NC[C@H]1O[C@H](O[C@H]2[C@H](O)[C@@H](O[C@H]3O[C@H](CO)[C@@H](O)[C@H](N)[C@H]3O)[C@H](N)C[C@@H]2N)[C@H](O)[C@@H](O)[C@@H]1O. The van der Waals surface area contributed by atoms with Crippen LogP contribution in [-0.4, -0.2) is 161 Å². The smallest absolute Gasteiger partial charge is 0.264 e. The summed E-state index contributed by atoms with van der Waals surface area (Å²) < 4.78 is 49.3. The topological polar surface area (TPSA) is 341 Å². The summed E-state index contributed by atoms with van der Waals surface area (Å²) in [4.78, 5) is 4.65. The molecule has 5 rings (SSSR count). The highest BCUT2D eigenvalue weighted by Gasteiger charge is 2.51. The second-order valence-corrected chi connectivity index (χ2v) is 15.5. The molecule has 302 valence electrons. The van der Waals surface area contributed by atoms with Gasteiger partial charge < -0.3 is 77.6 Å². The molecule has 3 fully saturated rings. The Morgan fingerprint density at radius 3 is 1.96 bits per heavy atom. The number of hydrogen-bond acceptors (Lipinski definition) is 18. The number of sulfonamides is 1. The van der Waals surface area contributed by atoms with E-state index in [4.69, 9.17) is 41.9 Å². The highest BCUT2D eigenvalue weighted by molar-refractivity contribution is 8.00. The van der Waals surface area contributed by atoms with Gasteiger partial charge in [0, 0.05) is 30.7 Å². The summed E-state index contributed by atoms with van der Waals surface area (Å²) >= 11 is 0. The van der Waals surface area contributed by atoms with E-state index in [2.05, 4.69) is 9.71 Å². The third-order valence-corrected chi connectivity index (χ3v) is 11.5. The molecule has 0 bridgehead atoms. The zero-order valence-electron chi connectivity index (χ0n) is 30.2. The van der Waals surface area contributed by atoms with Crippen molar-refractivity contribution in [2.24, 2.45) is 27.9 Å². The number of nitrogens with two attached hydrogens (primary N) is 4. The molecule has 0 unspecified atom stereocenters. The number of benzene rings is 1. The Balaban J connectivity index is 0.000000267. The fourth-order valence-corrected chi connectivity index (χ4v) is 8.10. The van der Waals surface area contributed by atoms with E-state index in [-0.39, 0.29) is 13.0 Å². The van der Waals surface area contributed by atoms with Crippen LogP contribution >= 0.6 is 0 Å². The Hall–Kier alpha value is -2.22. The lowest BCUT2D eigenvalue weighted by Gasteiger charge is -2.48. The molecular formula is C33H56N6O13S. The summed E-state index contributed by atoms with van der Waals surface area (Å²) in [6, 6.07) is 2.85. The molecule has 0 aromatic heterocycles. The molecule has 1 aliphatic carbocycles. The predicted octanol–water partition coefficient (Wildman–Crippen LogP) is -4.52. The van der Waals surface area contributed by atoms with E-state index in [1.165, 1.54) is 0 Å². The molecule has 1 saturated carbocycles. The van der Waals surface area contributed by atoms with Crippen LogP contribution in [0.4, 0.5) is 0 Å². The zero-order chi connectivity index (χ0) is 39.5. The van der Waals surface area contributed by atoms with Gasteiger partial charge in [-0.2, -0.15) is 0 Å². The molecule has 1 aromatic carbocycles. The number of ether oxygens (including phenoxy) is 4. The van der Waals surface area contributed by atoms with Gasteiger partial charge in [-0.1, -0.05) is 25.1 Å². The Morgan fingerprint density at radius 2 is 1.42 bits per heavy atom. The van der Waals surface area contributed by atoms with Crippen LogP contribution in [0.1, 0.15) is 43.4 Å². The minimum absolute atomic E-state index is 0.0849. The Morgan fingerprint density at radius 1 is 0.830 bits per heavy atom. The summed E-state index contributed by atoms with van der Waals surface area (Å²) in [5.74, 6) is 0.472. The number of amidine groups is 1. The average molecular weight is 777 g/mol. The van der Waals surface area contributed by atoms with Crippen molar-refractivity contribution in [2.75, 3.05) is 19.7 Å². The Kier molecular flexibility index (Phi) is 14.9. The molecule has 2 saturated heterocycles. The molecule has 15 atom stereocenters. The van der Waals surface area contributed by atoms with Crippen LogP contribution in [0.25, 0.3) is 4.91 Å². The summed E-state index contributed by atoms with van der Waals surface area (Å²) in [5.41, 5.74) is 27.2. The minimum atomic E-state index is -3.50. The zero-order valence-corrected chi connectivity index (χ0v) is 31.0. The Labute approximate surface area is 308 Å². The molecule has 3 heterocycles. The van der Waals surface area contributed by atoms with Gasteiger partial charge in [-0.3, -0.25) is 9.71 Å². The first-order chi connectivity index (χ1) is 24.9. The van der Waals surface area contributed by atoms with E-state index in [1.54, 1.807) is 6.92 Å². The van der Waals surface area contributed by atoms with Crippen molar-refractivity contribution in [1.82, 2.24) is 4.72 Å². The van der Waals surface area contributed by atoms with Crippen molar-refractivity contribution in [2.45, 2.75) is 132 Å². The van der Waals surface area contributed by atoms with Crippen molar-refractivity contribution in [3.63, 3.8) is 0 Å². The molecule has 20 heteroatoms. The first-order valence-electron chi connectivity index (χ1n) is 17.5. The summed E-state index contributed by atoms with van der Waals surface area (Å²) in [7, 11) is -3.50. The molecule has 0 spiro atoms. The predicted molar refractivity (Wildman–Crippen MR) is 191 cm³/mol. The van der Waals surface area contributed by atoms with Gasteiger partial charge in [0.25, 0.3) is 10.0 Å². The normalized spacial score (nSPS) is 40.8. The van der Waals surface area contributed by atoms with E-state index >= 15 is 0 Å². The second kappa shape index (κ2) is 18.2. The van der Waals surface area contributed by atoms with E-state index < -0.39 is 108 Å². The largest absolute Gasteiger partial charge is 0.394 e. The number of rotatable bonds is 9. The van der Waals surface area contributed by atoms with Crippen molar-refractivity contribution < 1.29 is 63.1 Å². The number of aliphatic hydroxyl groups excluding tert-OH is 7. The number of nitrogens with one attached hydrogen (secondary N) is 1. The standard InChI is InChI=1S/C18H36N4O11.C15H20N2O2S/c19-2-6-10(25)12(27)13(28)18(30-6)33-16-5(21)1-4(20)15(14(16)29)32-17-11(26)8(22)9(24)7(3-23)31-17;1-5-8-16-15-12(4)14(20(18,19)17-15)13-7-6-10(2)11(3)9-13/h4-18,23-29H,1-3,19-22H2;6-7,9H,5,8H2,1-4H3,(H,16,17)/t4-,5+,6-,7-,8+,9-,10-,11-,12+,13-,14-,15+,16-,17-,18-;/m1./s1. The van der Waals surface area contributed by atoms with Crippen LogP contribution in [0.2, 0.25) is 0 Å². The molecule has 16 N–H and O–H groups in total. The molecule has 4 aliphatic rings. The second-order valence-electron chi connectivity index (χ2n) is 13.9. The van der Waals surface area contributed by atoms with E-state index in [1.807, 2.05) is 39.0 Å². The van der Waals surface area contributed by atoms with Crippen molar-refractivity contribution in [3.8, 4) is 0 Å². The average Bonchev–Trinajstić information content (AvgIpc) is 3.35. The highest BCUT2D eigenvalue weighted by atomic mass is 32.2. The fourth-order valence-electron chi connectivity index (χ4n) is 6.59. The maximum Gasteiger partial charge on any atom is 0.264 e. The third kappa shape index (κ3) is 9.43. The van der Waals surface area contributed by atoms with Crippen LogP contribution in [0.5, 0.6) is 0 Å². The van der Waals surface area contributed by atoms with Crippen molar-refractivity contribution >= 4 is 20.8 Å². The maximum absolute atomic E-state index is 12.3. The molecule has 3 aliphatic heterocycles. The van der Waals surface area contributed by atoms with Crippen molar-refractivity contribution in [1.29, 1.82) is 0 Å². The van der Waals surface area contributed by atoms with Crippen LogP contribution < -0.4 is 27.7 Å². The fraction of sp³-hybridized carbons (Fsp3) is 0.727. The Bertz CT molecular complexity index is 1520. The van der Waals surface area contributed by atoms with Crippen LogP contribution in [-0.2, 0) is 29.0 Å². The first-order valence-corrected chi connectivity index (χ1v) is 19.0. The van der Waals surface area contributed by atoms with Gasteiger partial charge in [-0.15, -0.1) is 0 Å². The first kappa shape index (κ1) is 43.5. The monoisotopic (exact) mass is 776 g/mol. The summed E-state index contributed by atoms with van der Waals surface area (Å²) in [6.07, 6.45) is -15.6. The molecule has 0 radical (unpaired) electrons. The number of aryl methyl sites for hydroxylation is 2. The van der Waals surface area contributed by atoms with Gasteiger partial charge in [0.05, 0.1) is 12.6 Å². The quantitative estimate of drug-likeness (QED) is 0.112. The van der Waals surface area contributed by atoms with Gasteiger partial charge >= 0.3 is 0 Å². The van der Waals surface area contributed by atoms with Crippen LogP contribution in [0.15, 0.2) is 28.8 Å². The minimum Gasteiger partial charge on any atom is -0.394 e. The lowest BCUT2D eigenvalue weighted by Crippen LogP contribution is -2.68. The van der Waals surface area contributed by atoms with Gasteiger partial charge in [0.1, 0.15) is 71.8 Å². The van der Waals surface area contributed by atoms with Crippen LogP contribution in [0, 0.1) is 13.8 Å². The van der Waals surface area contributed by atoms with Crippen molar-refractivity contribution in [3.05, 3.63) is 40.5 Å². The highest BCUT2D eigenvalue weighted by Crippen LogP contribution is 2.32. The molecule has 1 aromatic rings. The summed E-state index contributed by atoms with van der Waals surface area (Å²) in [5, 5.41) is 70.9.